The third-order valence-electron chi connectivity index (χ3n) is 7.08. The van der Waals surface area contributed by atoms with Crippen molar-refractivity contribution in [2.75, 3.05) is 13.2 Å². The van der Waals surface area contributed by atoms with E-state index in [1.54, 1.807) is 0 Å². The number of hydrogen-bond donors (Lipinski definition) is 1. The average Bonchev–Trinajstić information content (AvgIpc) is 3.34. The topological polar surface area (TPSA) is 94.6 Å². The second kappa shape index (κ2) is 5.53. The van der Waals surface area contributed by atoms with E-state index in [4.69, 9.17) is 18.9 Å². The van der Waals surface area contributed by atoms with E-state index in [0.29, 0.717) is 13.0 Å². The smallest absolute Gasteiger partial charge is 0.303 e. The van der Waals surface area contributed by atoms with Crippen LogP contribution in [-0.2, 0) is 28.5 Å². The molecule has 7 nitrogen and oxygen atoms in total. The van der Waals surface area contributed by atoms with Gasteiger partial charge in [0.2, 0.25) is 0 Å². The SMILES string of the molecule is CC(=O)OC[C@]12CCC(C)=C[C@@H]1O[C@H]1[C@H](O)[C@@H](OC(C)=O)[C@@]2(C)[C@@]12CO2. The largest absolute Gasteiger partial charge is 0.465 e. The highest BCUT2D eigenvalue weighted by Gasteiger charge is 2.85. The zero-order chi connectivity index (χ0) is 18.9. The first-order valence-electron chi connectivity index (χ1n) is 9.13. The molecule has 1 N–H and O–H groups in total. The highest BCUT2D eigenvalue weighted by molar-refractivity contribution is 5.67. The van der Waals surface area contributed by atoms with Crippen molar-refractivity contribution in [1.82, 2.24) is 0 Å². The molecule has 0 unspecified atom stereocenters. The van der Waals surface area contributed by atoms with Crippen molar-refractivity contribution < 1.29 is 33.6 Å². The van der Waals surface area contributed by atoms with Crippen LogP contribution >= 0.6 is 0 Å². The highest BCUT2D eigenvalue weighted by Crippen LogP contribution is 2.72. The fraction of sp³-hybridized carbons (Fsp3) is 0.789. The number of aliphatic hydroxyl groups excluding tert-OH is 1. The molecule has 0 aromatic carbocycles. The van der Waals surface area contributed by atoms with E-state index < -0.39 is 40.7 Å². The van der Waals surface area contributed by atoms with Crippen LogP contribution in [0.2, 0.25) is 0 Å². The predicted molar refractivity (Wildman–Crippen MR) is 89.1 cm³/mol. The molecule has 2 saturated heterocycles. The molecule has 4 aliphatic rings. The third-order valence-corrected chi connectivity index (χ3v) is 7.08. The molecule has 7 atom stereocenters. The summed E-state index contributed by atoms with van der Waals surface area (Å²) in [6, 6.07) is 0. The Labute approximate surface area is 152 Å². The monoisotopic (exact) mass is 366 g/mol. The number of epoxide rings is 1. The van der Waals surface area contributed by atoms with Gasteiger partial charge in [-0.2, -0.15) is 0 Å². The third kappa shape index (κ3) is 2.05. The molecular formula is C19H26O7. The first-order chi connectivity index (χ1) is 12.2. The van der Waals surface area contributed by atoms with Crippen LogP contribution in [0.5, 0.6) is 0 Å². The molecule has 2 bridgehead atoms. The summed E-state index contributed by atoms with van der Waals surface area (Å²) in [5.41, 5.74) is -0.890. The van der Waals surface area contributed by atoms with Gasteiger partial charge in [0.15, 0.2) is 0 Å². The molecule has 7 heteroatoms. The molecule has 0 aromatic rings. The van der Waals surface area contributed by atoms with Crippen LogP contribution in [-0.4, -0.2) is 60.3 Å². The van der Waals surface area contributed by atoms with Crippen molar-refractivity contribution in [3.63, 3.8) is 0 Å². The van der Waals surface area contributed by atoms with Gasteiger partial charge in [-0.25, -0.2) is 0 Å². The minimum atomic E-state index is -0.986. The lowest BCUT2D eigenvalue weighted by Crippen LogP contribution is -2.66. The van der Waals surface area contributed by atoms with Gasteiger partial charge in [0, 0.05) is 19.3 Å². The highest BCUT2D eigenvalue weighted by atomic mass is 16.7. The van der Waals surface area contributed by atoms with Crippen LogP contribution in [0.3, 0.4) is 0 Å². The second-order valence-corrected chi connectivity index (χ2v) is 8.33. The van der Waals surface area contributed by atoms with Crippen LogP contribution in [0.25, 0.3) is 0 Å². The molecule has 144 valence electrons. The fourth-order valence-electron chi connectivity index (χ4n) is 5.60. The van der Waals surface area contributed by atoms with Gasteiger partial charge >= 0.3 is 11.9 Å². The molecule has 0 radical (unpaired) electrons. The minimum Gasteiger partial charge on any atom is -0.465 e. The Morgan fingerprint density at radius 3 is 2.62 bits per heavy atom. The number of carbonyl (C=O) groups excluding carboxylic acids is 2. The van der Waals surface area contributed by atoms with Crippen molar-refractivity contribution in [2.45, 2.75) is 70.6 Å². The molecule has 2 heterocycles. The number of rotatable bonds is 3. The second-order valence-electron chi connectivity index (χ2n) is 8.33. The standard InChI is InChI=1S/C19H26O7/c1-10-5-6-18(8-23-11(2)20)13(7-10)26-16-14(22)15(25-12(3)21)17(18,4)19(16)9-24-19/h7,13-16,22H,5-6,8-9H2,1-4H3/t13-,14+,15+,16-,17+,18+,19+/m0/s1. The summed E-state index contributed by atoms with van der Waals surface area (Å²) >= 11 is 0. The average molecular weight is 366 g/mol. The summed E-state index contributed by atoms with van der Waals surface area (Å²) in [5, 5.41) is 10.9. The maximum absolute atomic E-state index is 11.8. The van der Waals surface area contributed by atoms with Crippen LogP contribution in [0.4, 0.5) is 0 Å². The fourth-order valence-corrected chi connectivity index (χ4v) is 5.60. The molecule has 4 rings (SSSR count). The Morgan fingerprint density at radius 2 is 2.04 bits per heavy atom. The van der Waals surface area contributed by atoms with Crippen LogP contribution in [0, 0.1) is 10.8 Å². The van der Waals surface area contributed by atoms with Crippen molar-refractivity contribution in [2.24, 2.45) is 10.8 Å². The van der Waals surface area contributed by atoms with Gasteiger partial charge in [-0.1, -0.05) is 18.6 Å². The number of fused-ring (bicyclic) bond motifs is 2. The van der Waals surface area contributed by atoms with E-state index in [-0.39, 0.29) is 18.7 Å². The maximum Gasteiger partial charge on any atom is 0.303 e. The van der Waals surface area contributed by atoms with Crippen LogP contribution in [0.1, 0.15) is 40.5 Å². The van der Waals surface area contributed by atoms with E-state index in [2.05, 4.69) is 6.08 Å². The van der Waals surface area contributed by atoms with E-state index in [9.17, 15) is 14.7 Å². The maximum atomic E-state index is 11.8. The Kier molecular flexibility index (Phi) is 3.82. The van der Waals surface area contributed by atoms with Gasteiger partial charge in [-0.05, 0) is 19.8 Å². The van der Waals surface area contributed by atoms with E-state index in [0.717, 1.165) is 6.42 Å². The van der Waals surface area contributed by atoms with Gasteiger partial charge in [-0.3, -0.25) is 9.59 Å². The van der Waals surface area contributed by atoms with E-state index in [1.165, 1.54) is 19.4 Å². The number of allylic oxidation sites excluding steroid dienone is 1. The van der Waals surface area contributed by atoms with Gasteiger partial charge < -0.3 is 24.1 Å². The number of esters is 2. The molecule has 2 aliphatic carbocycles. The first kappa shape index (κ1) is 17.9. The molecule has 2 aliphatic heterocycles. The normalized spacial score (nSPS) is 48.6. The lowest BCUT2D eigenvalue weighted by molar-refractivity contribution is -0.233. The number of hydrogen-bond acceptors (Lipinski definition) is 7. The van der Waals surface area contributed by atoms with E-state index >= 15 is 0 Å². The molecule has 3 fully saturated rings. The number of ether oxygens (including phenoxy) is 4. The predicted octanol–water partition coefficient (Wildman–Crippen LogP) is 1.12. The molecule has 1 saturated carbocycles. The van der Waals surface area contributed by atoms with Crippen molar-refractivity contribution in [3.05, 3.63) is 11.6 Å². The molecule has 26 heavy (non-hydrogen) atoms. The van der Waals surface area contributed by atoms with Gasteiger partial charge in [0.05, 0.1) is 18.1 Å². The summed E-state index contributed by atoms with van der Waals surface area (Å²) in [7, 11) is 0. The first-order valence-corrected chi connectivity index (χ1v) is 9.13. The number of carbonyl (C=O) groups is 2. The van der Waals surface area contributed by atoms with Crippen molar-refractivity contribution in [3.8, 4) is 0 Å². The number of aliphatic hydroxyl groups is 1. The molecular weight excluding hydrogens is 340 g/mol. The Morgan fingerprint density at radius 1 is 1.35 bits per heavy atom. The lowest BCUT2D eigenvalue weighted by Gasteiger charge is -2.58. The zero-order valence-corrected chi connectivity index (χ0v) is 15.6. The van der Waals surface area contributed by atoms with Crippen molar-refractivity contribution in [1.29, 1.82) is 0 Å². The summed E-state index contributed by atoms with van der Waals surface area (Å²) in [6.45, 7) is 7.31. The van der Waals surface area contributed by atoms with Gasteiger partial charge in [0.1, 0.15) is 30.5 Å². The summed E-state index contributed by atoms with van der Waals surface area (Å²) in [6.07, 6.45) is 0.896. The molecule has 0 amide bonds. The van der Waals surface area contributed by atoms with Gasteiger partial charge in [-0.15, -0.1) is 0 Å². The Bertz CT molecular complexity index is 681. The summed E-state index contributed by atoms with van der Waals surface area (Å²) in [5.74, 6) is -0.830. The Balaban J connectivity index is 1.86. The Hall–Kier alpha value is -1.44. The minimum absolute atomic E-state index is 0.135. The van der Waals surface area contributed by atoms with E-state index in [1.807, 2.05) is 13.8 Å². The molecule has 1 spiro atoms. The van der Waals surface area contributed by atoms with Crippen LogP contribution in [0.15, 0.2) is 11.6 Å². The summed E-state index contributed by atoms with van der Waals surface area (Å²) in [4.78, 5) is 23.4. The van der Waals surface area contributed by atoms with Gasteiger partial charge in [0.25, 0.3) is 0 Å². The lowest BCUT2D eigenvalue weighted by atomic mass is 9.51. The zero-order valence-electron chi connectivity index (χ0n) is 15.6. The van der Waals surface area contributed by atoms with Crippen molar-refractivity contribution >= 4 is 11.9 Å². The van der Waals surface area contributed by atoms with Crippen LogP contribution < -0.4 is 0 Å². The molecule has 0 aromatic heterocycles. The summed E-state index contributed by atoms with van der Waals surface area (Å²) < 4.78 is 23.3. The quantitative estimate of drug-likeness (QED) is 0.454.